The van der Waals surface area contributed by atoms with E-state index in [0.29, 0.717) is 43.9 Å². The molecule has 6 aromatic rings. The van der Waals surface area contributed by atoms with Crippen molar-refractivity contribution in [1.29, 1.82) is 0 Å². The molecule has 0 spiro atoms. The third-order valence-electron chi connectivity index (χ3n) is 11.6. The molecule has 0 radical (unpaired) electrons. The van der Waals surface area contributed by atoms with Gasteiger partial charge in [0, 0.05) is 28.4 Å². The molecule has 71 heavy (non-hydrogen) atoms. The maximum Gasteiger partial charge on any atom is 0.488 e. The Morgan fingerprint density at radius 1 is 0.662 bits per heavy atom. The molecule has 14 heteroatoms. The van der Waals surface area contributed by atoms with Crippen molar-refractivity contribution in [3.05, 3.63) is 171 Å². The molecule has 0 fully saturated rings. The van der Waals surface area contributed by atoms with Crippen LogP contribution in [0.2, 0.25) is 0 Å². The predicted molar refractivity (Wildman–Crippen MR) is 277 cm³/mol. The van der Waals surface area contributed by atoms with Crippen LogP contribution in [0.3, 0.4) is 0 Å². The van der Waals surface area contributed by atoms with Crippen molar-refractivity contribution in [2.24, 2.45) is 11.8 Å². The average molecular weight is 1040 g/mol. The number of carbonyl (C=O) groups excluding carboxylic acids is 1. The molecule has 3 N–H and O–H groups in total. The Labute approximate surface area is 425 Å². The van der Waals surface area contributed by atoms with Crippen LogP contribution in [0.15, 0.2) is 126 Å². The molecule has 6 aromatic carbocycles. The zero-order valence-corrected chi connectivity index (χ0v) is 42.1. The zero-order chi connectivity index (χ0) is 50.8. The van der Waals surface area contributed by atoms with Crippen LogP contribution in [0.4, 0.5) is 8.78 Å². The van der Waals surface area contributed by atoms with Crippen molar-refractivity contribution < 1.29 is 57.2 Å². The standard InChI is InChI=1S/C27H27FO4.C23H27BrO4.C6H6BFO2.CH4/c1-17(26(29)30)12-18-4-10-24(11-5-18)31-16-22-14-20(19-6-8-23(28)9-7-19)13-21-15-27(2,3)32-25(21)22;1-5-26-22(25)15(2)10-16-6-8-20(9-7-16)27-14-18-12-19(24)11-17-13-23(3,4)28-21(17)18;8-6-3-1-5(2-4-6)7(9)10;/h4-11,13-14,17H,12,15-16H2,1-3H3,(H,29,30);6-9,11-12,15H,5,10,13-14H2,1-4H3;1-4,9-10H;1H4. The van der Waals surface area contributed by atoms with Gasteiger partial charge in [-0.15, -0.1) is 0 Å². The Morgan fingerprint density at radius 3 is 1.58 bits per heavy atom. The molecule has 2 aliphatic rings. The summed E-state index contributed by atoms with van der Waals surface area (Å²) in [5.74, 6) is 1.09. The fraction of sp³-hybridized carbons (Fsp3) is 0.333. The van der Waals surface area contributed by atoms with E-state index in [1.165, 1.54) is 42.0 Å². The SMILES string of the molecule is C.CC(Cc1ccc(OCc2cc(-c3ccc(F)cc3)cc3c2OC(C)(C)C3)cc1)C(=O)O.CCOC(=O)C(C)Cc1ccc(OCc2cc(Br)cc3c2OC(C)(C)C3)cc1.OB(O)c1ccc(F)cc1. The summed E-state index contributed by atoms with van der Waals surface area (Å²) in [4.78, 5) is 22.8. The van der Waals surface area contributed by atoms with Gasteiger partial charge < -0.3 is 38.8 Å². The first-order valence-electron chi connectivity index (χ1n) is 23.2. The van der Waals surface area contributed by atoms with E-state index in [0.717, 1.165) is 73.5 Å². The summed E-state index contributed by atoms with van der Waals surface area (Å²) in [6.45, 7) is 14.9. The number of rotatable bonds is 15. The van der Waals surface area contributed by atoms with E-state index in [1.54, 1.807) is 19.1 Å². The fourth-order valence-corrected chi connectivity index (χ4v) is 8.67. The molecular weight excluding hydrogens is 973 g/mol. The highest BCUT2D eigenvalue weighted by Gasteiger charge is 2.34. The van der Waals surface area contributed by atoms with Gasteiger partial charge in [0.25, 0.3) is 0 Å². The van der Waals surface area contributed by atoms with Gasteiger partial charge in [0.1, 0.15) is 59.0 Å². The van der Waals surface area contributed by atoms with Gasteiger partial charge in [-0.2, -0.15) is 0 Å². The van der Waals surface area contributed by atoms with Crippen LogP contribution >= 0.6 is 15.9 Å². The highest BCUT2D eigenvalue weighted by atomic mass is 79.9. The molecular formula is C57H64BBrF2O10. The van der Waals surface area contributed by atoms with E-state index in [4.69, 9.17) is 38.8 Å². The third kappa shape index (κ3) is 16.2. The molecule has 2 unspecified atom stereocenters. The predicted octanol–water partition coefficient (Wildman–Crippen LogP) is 11.7. The van der Waals surface area contributed by atoms with Crippen LogP contribution in [0.5, 0.6) is 23.0 Å². The van der Waals surface area contributed by atoms with Gasteiger partial charge in [-0.3, -0.25) is 9.59 Å². The van der Waals surface area contributed by atoms with Crippen molar-refractivity contribution >= 4 is 40.4 Å². The minimum atomic E-state index is -1.51. The average Bonchev–Trinajstić information content (AvgIpc) is 3.81. The smallest absolute Gasteiger partial charge is 0.488 e. The summed E-state index contributed by atoms with van der Waals surface area (Å²) in [6.07, 6.45) is 2.82. The van der Waals surface area contributed by atoms with Crippen molar-refractivity contribution in [3.63, 3.8) is 0 Å². The summed E-state index contributed by atoms with van der Waals surface area (Å²) in [7, 11) is -1.51. The van der Waals surface area contributed by atoms with Crippen LogP contribution < -0.4 is 24.4 Å². The number of esters is 1. The van der Waals surface area contributed by atoms with Gasteiger partial charge >= 0.3 is 19.1 Å². The second kappa shape index (κ2) is 24.8. The first kappa shape index (κ1) is 55.7. The number of carbonyl (C=O) groups is 2. The monoisotopic (exact) mass is 1040 g/mol. The lowest BCUT2D eigenvalue weighted by atomic mass is 9.80. The summed E-state index contributed by atoms with van der Waals surface area (Å²) in [5.41, 5.74) is 8.11. The second-order valence-electron chi connectivity index (χ2n) is 18.9. The Hall–Kier alpha value is -6.22. The van der Waals surface area contributed by atoms with E-state index < -0.39 is 19.0 Å². The van der Waals surface area contributed by atoms with Crippen molar-refractivity contribution in [3.8, 4) is 34.1 Å². The van der Waals surface area contributed by atoms with E-state index >= 15 is 0 Å². The summed E-state index contributed by atoms with van der Waals surface area (Å²) in [5, 5.41) is 26.2. The van der Waals surface area contributed by atoms with Gasteiger partial charge in [-0.1, -0.05) is 85.7 Å². The van der Waals surface area contributed by atoms with Crippen LogP contribution in [-0.2, 0) is 53.2 Å². The number of halogens is 3. The molecule has 2 atom stereocenters. The minimum absolute atomic E-state index is 0. The molecule has 0 bridgehead atoms. The lowest BCUT2D eigenvalue weighted by molar-refractivity contribution is -0.147. The second-order valence-corrected chi connectivity index (χ2v) is 19.8. The van der Waals surface area contributed by atoms with Crippen molar-refractivity contribution in [2.45, 2.75) is 106 Å². The van der Waals surface area contributed by atoms with Gasteiger partial charge in [0.15, 0.2) is 0 Å². The Balaban J connectivity index is 0.000000220. The fourth-order valence-electron chi connectivity index (χ4n) is 8.12. The zero-order valence-electron chi connectivity index (χ0n) is 40.6. The number of hydrogen-bond donors (Lipinski definition) is 3. The topological polar surface area (TPSA) is 141 Å². The largest absolute Gasteiger partial charge is 0.489 e. The summed E-state index contributed by atoms with van der Waals surface area (Å²) in [6, 6.07) is 35.2. The van der Waals surface area contributed by atoms with Crippen LogP contribution in [-0.4, -0.2) is 52.0 Å². The molecule has 10 nitrogen and oxygen atoms in total. The van der Waals surface area contributed by atoms with Gasteiger partial charge in [-0.05, 0) is 159 Å². The van der Waals surface area contributed by atoms with E-state index in [-0.39, 0.29) is 42.2 Å². The van der Waals surface area contributed by atoms with Crippen LogP contribution in [0, 0.1) is 23.5 Å². The minimum Gasteiger partial charge on any atom is -0.489 e. The normalized spacial score (nSPS) is 14.2. The number of ether oxygens (including phenoxy) is 5. The summed E-state index contributed by atoms with van der Waals surface area (Å²) < 4.78 is 56.1. The number of benzene rings is 6. The molecule has 0 saturated carbocycles. The van der Waals surface area contributed by atoms with Gasteiger partial charge in [-0.25, -0.2) is 8.78 Å². The van der Waals surface area contributed by atoms with E-state index in [9.17, 15) is 18.4 Å². The molecule has 0 aromatic heterocycles. The quantitative estimate of drug-likeness (QED) is 0.0672. The summed E-state index contributed by atoms with van der Waals surface area (Å²) >= 11 is 3.59. The molecule has 2 aliphatic heterocycles. The van der Waals surface area contributed by atoms with Crippen LogP contribution in [0.25, 0.3) is 11.1 Å². The maximum atomic E-state index is 13.4. The molecule has 0 aliphatic carbocycles. The van der Waals surface area contributed by atoms with E-state index in [1.807, 2.05) is 68.4 Å². The number of aliphatic carboxylic acids is 1. The van der Waals surface area contributed by atoms with Crippen LogP contribution in [0.1, 0.15) is 89.3 Å². The molecule has 376 valence electrons. The highest BCUT2D eigenvalue weighted by Crippen LogP contribution is 2.42. The van der Waals surface area contributed by atoms with Crippen molar-refractivity contribution in [2.75, 3.05) is 6.61 Å². The Bertz CT molecular complexity index is 2710. The number of fused-ring (bicyclic) bond motifs is 2. The first-order chi connectivity index (χ1) is 33.2. The molecule has 8 rings (SSSR count). The lowest BCUT2D eigenvalue weighted by Crippen LogP contribution is -2.29. The van der Waals surface area contributed by atoms with Gasteiger partial charge in [0.2, 0.25) is 0 Å². The first-order valence-corrected chi connectivity index (χ1v) is 24.0. The number of carboxylic acid groups (broad SMARTS) is 1. The number of carboxylic acids is 1. The van der Waals surface area contributed by atoms with E-state index in [2.05, 4.69) is 61.8 Å². The maximum absolute atomic E-state index is 13.4. The Morgan fingerprint density at radius 2 is 1.11 bits per heavy atom. The third-order valence-corrected chi connectivity index (χ3v) is 12.1. The molecule has 0 saturated heterocycles. The number of hydrogen-bond acceptors (Lipinski definition) is 9. The highest BCUT2D eigenvalue weighted by molar-refractivity contribution is 9.10. The molecule has 0 amide bonds. The molecule has 2 heterocycles. The van der Waals surface area contributed by atoms with Gasteiger partial charge in [0.05, 0.1) is 18.4 Å². The lowest BCUT2D eigenvalue weighted by Gasteiger charge is -2.18. The Kier molecular flexibility index (Phi) is 19.4. The van der Waals surface area contributed by atoms with Crippen molar-refractivity contribution in [1.82, 2.24) is 0 Å².